The van der Waals surface area contributed by atoms with E-state index in [2.05, 4.69) is 10.7 Å². The van der Waals surface area contributed by atoms with E-state index in [0.29, 0.717) is 25.1 Å². The molecule has 0 spiro atoms. The number of carbonyl (C=O) groups excluding carboxylic acids is 3. The zero-order valence-corrected chi connectivity index (χ0v) is 20.5. The van der Waals surface area contributed by atoms with Crippen LogP contribution in [0.5, 0.6) is 5.75 Å². The number of thiophene rings is 1. The molecule has 2 heterocycles. The lowest BCUT2D eigenvalue weighted by atomic mass is 9.87. The molecule has 1 fully saturated rings. The molecule has 0 radical (unpaired) electrons. The number of imide groups is 1. The van der Waals surface area contributed by atoms with Crippen molar-refractivity contribution in [2.75, 3.05) is 13.7 Å². The average Bonchev–Trinajstić information content (AvgIpc) is 3.47. The third kappa shape index (κ3) is 5.21. The molecule has 0 bridgehead atoms. The number of hydrogen-bond acceptors (Lipinski definition) is 6. The molecule has 2 aromatic carbocycles. The van der Waals surface area contributed by atoms with Gasteiger partial charge in [0.25, 0.3) is 11.8 Å². The maximum atomic E-state index is 13.3. The summed E-state index contributed by atoms with van der Waals surface area (Å²) in [5.74, 6) is -0.229. The molecule has 1 aromatic heterocycles. The van der Waals surface area contributed by atoms with Gasteiger partial charge < -0.3 is 10.1 Å². The standard InChI is InChI=1S/C26H28N4O4S/c1-3-26(20-11-5-4-6-12-20)24(32)30(25(33)27-26)28-23(31)18-29(17-21-13-9-15-35-21)16-19-10-7-8-14-22(19)34-2/h4-15H,3,16-18H2,1-2H3,(H,27,33)(H,28,31). The number of hydrazine groups is 1. The summed E-state index contributed by atoms with van der Waals surface area (Å²) in [4.78, 5) is 42.2. The summed E-state index contributed by atoms with van der Waals surface area (Å²) in [5, 5.41) is 5.56. The van der Waals surface area contributed by atoms with Crippen LogP contribution in [0, 0.1) is 0 Å². The number of ether oxygens (including phenoxy) is 1. The van der Waals surface area contributed by atoms with E-state index in [1.165, 1.54) is 0 Å². The van der Waals surface area contributed by atoms with Crippen molar-refractivity contribution >= 4 is 29.2 Å². The summed E-state index contributed by atoms with van der Waals surface area (Å²) in [6, 6.07) is 20.0. The second-order valence-corrected chi connectivity index (χ2v) is 9.30. The second-order valence-electron chi connectivity index (χ2n) is 8.27. The van der Waals surface area contributed by atoms with Crippen LogP contribution in [-0.2, 0) is 28.2 Å². The van der Waals surface area contributed by atoms with Crippen LogP contribution >= 0.6 is 11.3 Å². The first-order chi connectivity index (χ1) is 17.0. The molecule has 4 amide bonds. The van der Waals surface area contributed by atoms with Gasteiger partial charge in [0.15, 0.2) is 0 Å². The monoisotopic (exact) mass is 492 g/mol. The summed E-state index contributed by atoms with van der Waals surface area (Å²) in [7, 11) is 1.61. The number of benzene rings is 2. The molecule has 3 aromatic rings. The van der Waals surface area contributed by atoms with E-state index in [1.807, 2.05) is 71.8 Å². The summed E-state index contributed by atoms with van der Waals surface area (Å²) in [5.41, 5.74) is 2.92. The molecular weight excluding hydrogens is 464 g/mol. The lowest BCUT2D eigenvalue weighted by Gasteiger charge is -2.26. The van der Waals surface area contributed by atoms with Crippen LogP contribution in [0.2, 0.25) is 0 Å². The van der Waals surface area contributed by atoms with Crippen LogP contribution in [0.25, 0.3) is 0 Å². The number of nitrogens with zero attached hydrogens (tertiary/aromatic N) is 2. The van der Waals surface area contributed by atoms with Gasteiger partial charge in [-0.3, -0.25) is 19.9 Å². The molecule has 1 atom stereocenters. The van der Waals surface area contributed by atoms with E-state index in [-0.39, 0.29) is 6.54 Å². The van der Waals surface area contributed by atoms with Gasteiger partial charge in [0, 0.05) is 23.5 Å². The van der Waals surface area contributed by atoms with Crippen molar-refractivity contribution in [3.63, 3.8) is 0 Å². The molecule has 9 heteroatoms. The van der Waals surface area contributed by atoms with Crippen molar-refractivity contribution in [3.05, 3.63) is 88.1 Å². The smallest absolute Gasteiger partial charge is 0.344 e. The van der Waals surface area contributed by atoms with Gasteiger partial charge in [0.05, 0.1) is 13.7 Å². The molecule has 0 saturated carbocycles. The molecule has 1 aliphatic rings. The van der Waals surface area contributed by atoms with Gasteiger partial charge in [-0.25, -0.2) is 4.79 Å². The normalized spacial score (nSPS) is 17.5. The van der Waals surface area contributed by atoms with Gasteiger partial charge in [-0.05, 0) is 29.5 Å². The minimum Gasteiger partial charge on any atom is -0.496 e. The molecule has 2 N–H and O–H groups in total. The maximum absolute atomic E-state index is 13.3. The number of urea groups is 1. The Morgan fingerprint density at radius 2 is 1.80 bits per heavy atom. The van der Waals surface area contributed by atoms with Crippen molar-refractivity contribution in [3.8, 4) is 5.75 Å². The highest BCUT2D eigenvalue weighted by atomic mass is 32.1. The fourth-order valence-corrected chi connectivity index (χ4v) is 5.01. The van der Waals surface area contributed by atoms with E-state index in [4.69, 9.17) is 4.74 Å². The van der Waals surface area contributed by atoms with Crippen LogP contribution in [0.3, 0.4) is 0 Å². The van der Waals surface area contributed by atoms with Crippen LogP contribution in [-0.4, -0.2) is 41.4 Å². The van der Waals surface area contributed by atoms with Gasteiger partial charge in [0.1, 0.15) is 11.3 Å². The highest BCUT2D eigenvalue weighted by Crippen LogP contribution is 2.31. The first-order valence-corrected chi connectivity index (χ1v) is 12.2. The summed E-state index contributed by atoms with van der Waals surface area (Å²) >= 11 is 1.60. The minimum atomic E-state index is -1.21. The van der Waals surface area contributed by atoms with E-state index in [1.54, 1.807) is 30.6 Å². The van der Waals surface area contributed by atoms with Crippen molar-refractivity contribution in [2.24, 2.45) is 0 Å². The van der Waals surface area contributed by atoms with E-state index >= 15 is 0 Å². The Hall–Kier alpha value is -3.69. The van der Waals surface area contributed by atoms with Crippen molar-refractivity contribution < 1.29 is 19.1 Å². The maximum Gasteiger partial charge on any atom is 0.344 e. The fraction of sp³-hybridized carbons (Fsp3) is 0.269. The Morgan fingerprint density at radius 1 is 1.06 bits per heavy atom. The van der Waals surface area contributed by atoms with Crippen LogP contribution < -0.4 is 15.5 Å². The number of amides is 4. The molecule has 1 unspecified atom stereocenters. The SMILES string of the molecule is CCC1(c2ccccc2)NC(=O)N(NC(=O)CN(Cc2cccs2)Cc2ccccc2OC)C1=O. The van der Waals surface area contributed by atoms with Crippen molar-refractivity contribution in [2.45, 2.75) is 32.0 Å². The lowest BCUT2D eigenvalue weighted by Crippen LogP contribution is -2.51. The minimum absolute atomic E-state index is 0.0164. The van der Waals surface area contributed by atoms with Crippen LogP contribution in [0.15, 0.2) is 72.1 Å². The first-order valence-electron chi connectivity index (χ1n) is 11.3. The van der Waals surface area contributed by atoms with E-state index in [9.17, 15) is 14.4 Å². The molecule has 0 aliphatic carbocycles. The van der Waals surface area contributed by atoms with Gasteiger partial charge in [-0.15, -0.1) is 11.3 Å². The summed E-state index contributed by atoms with van der Waals surface area (Å²) in [6.07, 6.45) is 0.353. The summed E-state index contributed by atoms with van der Waals surface area (Å²) < 4.78 is 5.47. The zero-order chi connectivity index (χ0) is 24.8. The molecule has 4 rings (SSSR count). The average molecular weight is 493 g/mol. The zero-order valence-electron chi connectivity index (χ0n) is 19.7. The summed E-state index contributed by atoms with van der Waals surface area (Å²) in [6.45, 7) is 2.80. The second kappa shape index (κ2) is 10.7. The highest BCUT2D eigenvalue weighted by molar-refractivity contribution is 7.09. The Kier molecular flexibility index (Phi) is 7.48. The fourth-order valence-electron chi connectivity index (χ4n) is 4.27. The molecule has 1 aliphatic heterocycles. The van der Waals surface area contributed by atoms with E-state index in [0.717, 1.165) is 21.2 Å². The lowest BCUT2D eigenvalue weighted by molar-refractivity contribution is -0.140. The van der Waals surface area contributed by atoms with Crippen molar-refractivity contribution in [1.82, 2.24) is 20.7 Å². The predicted octanol–water partition coefficient (Wildman–Crippen LogP) is 3.65. The van der Waals surface area contributed by atoms with Crippen molar-refractivity contribution in [1.29, 1.82) is 0 Å². The Balaban J connectivity index is 1.50. The van der Waals surface area contributed by atoms with Gasteiger partial charge >= 0.3 is 6.03 Å². The largest absolute Gasteiger partial charge is 0.496 e. The molecule has 182 valence electrons. The molecule has 35 heavy (non-hydrogen) atoms. The quantitative estimate of drug-likeness (QED) is 0.422. The topological polar surface area (TPSA) is 91.0 Å². The van der Waals surface area contributed by atoms with Gasteiger partial charge in [-0.2, -0.15) is 5.01 Å². The third-order valence-corrected chi connectivity index (χ3v) is 6.90. The third-order valence-electron chi connectivity index (χ3n) is 6.04. The number of carbonyl (C=O) groups is 3. The number of hydrogen-bond donors (Lipinski definition) is 2. The Morgan fingerprint density at radius 3 is 2.49 bits per heavy atom. The predicted molar refractivity (Wildman–Crippen MR) is 133 cm³/mol. The first kappa shape index (κ1) is 24.4. The Labute approximate surface area is 208 Å². The van der Waals surface area contributed by atoms with Crippen LogP contribution in [0.4, 0.5) is 4.79 Å². The number of rotatable bonds is 10. The highest BCUT2D eigenvalue weighted by Gasteiger charge is 2.52. The molecule has 8 nitrogen and oxygen atoms in total. The molecular formula is C26H28N4O4S. The van der Waals surface area contributed by atoms with E-state index < -0.39 is 23.4 Å². The number of methoxy groups -OCH3 is 1. The molecule has 1 saturated heterocycles. The number of para-hydroxylation sites is 1. The number of nitrogens with one attached hydrogen (secondary N) is 2. The van der Waals surface area contributed by atoms with Crippen LogP contribution in [0.1, 0.15) is 29.3 Å². The van der Waals surface area contributed by atoms with Gasteiger partial charge in [-0.1, -0.05) is 61.5 Å². The Bertz CT molecular complexity index is 1190. The van der Waals surface area contributed by atoms with Gasteiger partial charge in [0.2, 0.25) is 0 Å².